The molecule has 0 radical (unpaired) electrons. The molecule has 0 aromatic carbocycles. The molecule has 0 spiro atoms. The fourth-order valence-electron chi connectivity index (χ4n) is 2.59. The van der Waals surface area contributed by atoms with Crippen LogP contribution in [0.4, 0.5) is 0 Å². The van der Waals surface area contributed by atoms with Gasteiger partial charge in [0.15, 0.2) is 0 Å². The largest absolute Gasteiger partial charge is 0.465 e. The highest BCUT2D eigenvalue weighted by atomic mass is 16.5. The Kier molecular flexibility index (Phi) is 3.17. The second kappa shape index (κ2) is 4.47. The Morgan fingerprint density at radius 2 is 2.06 bits per heavy atom. The highest BCUT2D eigenvalue weighted by Gasteiger charge is 2.47. The number of aromatic nitrogens is 3. The number of rotatable bonds is 3. The standard InChI is InChI=1S/C12H19N3O2/c1-4-17-11(16)12(7-5-6-8-12)10-14-13-9(2)15(10)3/h4-8H2,1-3H3. The van der Waals surface area contributed by atoms with Gasteiger partial charge in [0.1, 0.15) is 17.1 Å². The van der Waals surface area contributed by atoms with Crippen molar-refractivity contribution in [2.75, 3.05) is 6.61 Å². The molecule has 5 nitrogen and oxygen atoms in total. The summed E-state index contributed by atoms with van der Waals surface area (Å²) in [7, 11) is 1.91. The average molecular weight is 237 g/mol. The highest BCUT2D eigenvalue weighted by molar-refractivity contribution is 5.82. The van der Waals surface area contributed by atoms with Crippen LogP contribution in [-0.2, 0) is 22.0 Å². The molecule has 1 saturated carbocycles. The summed E-state index contributed by atoms with van der Waals surface area (Å²) in [5.41, 5.74) is -0.563. The van der Waals surface area contributed by atoms with Crippen LogP contribution in [0, 0.1) is 6.92 Å². The normalized spacial score (nSPS) is 18.3. The Bertz CT molecular complexity index is 419. The quantitative estimate of drug-likeness (QED) is 0.747. The SMILES string of the molecule is CCOC(=O)C1(c2nnc(C)n2C)CCCC1. The van der Waals surface area contributed by atoms with E-state index in [0.717, 1.165) is 37.3 Å². The molecule has 17 heavy (non-hydrogen) atoms. The number of hydrogen-bond acceptors (Lipinski definition) is 4. The van der Waals surface area contributed by atoms with Crippen molar-refractivity contribution < 1.29 is 9.53 Å². The molecule has 0 N–H and O–H groups in total. The molecule has 2 rings (SSSR count). The number of nitrogens with zero attached hydrogens (tertiary/aromatic N) is 3. The van der Waals surface area contributed by atoms with E-state index in [9.17, 15) is 4.79 Å². The van der Waals surface area contributed by atoms with Gasteiger partial charge in [-0.15, -0.1) is 10.2 Å². The zero-order valence-corrected chi connectivity index (χ0v) is 10.7. The molecule has 1 aromatic rings. The van der Waals surface area contributed by atoms with Crippen molar-refractivity contribution >= 4 is 5.97 Å². The van der Waals surface area contributed by atoms with Gasteiger partial charge in [0.05, 0.1) is 6.61 Å². The van der Waals surface area contributed by atoms with Crippen LogP contribution >= 0.6 is 0 Å². The van der Waals surface area contributed by atoms with Crippen molar-refractivity contribution in [2.24, 2.45) is 7.05 Å². The molecule has 0 bridgehead atoms. The fourth-order valence-corrected chi connectivity index (χ4v) is 2.59. The number of hydrogen-bond donors (Lipinski definition) is 0. The van der Waals surface area contributed by atoms with Gasteiger partial charge in [-0.2, -0.15) is 0 Å². The van der Waals surface area contributed by atoms with Gasteiger partial charge in [-0.25, -0.2) is 0 Å². The molecule has 0 unspecified atom stereocenters. The first-order valence-corrected chi connectivity index (χ1v) is 6.15. The van der Waals surface area contributed by atoms with Gasteiger partial charge >= 0.3 is 5.97 Å². The summed E-state index contributed by atoms with van der Waals surface area (Å²) < 4.78 is 7.13. The minimum Gasteiger partial charge on any atom is -0.465 e. The van der Waals surface area contributed by atoms with E-state index in [-0.39, 0.29) is 5.97 Å². The molecule has 0 atom stereocenters. The zero-order chi connectivity index (χ0) is 12.5. The molecule has 0 saturated heterocycles. The lowest BCUT2D eigenvalue weighted by atomic mass is 9.85. The van der Waals surface area contributed by atoms with Gasteiger partial charge in [-0.05, 0) is 26.7 Å². The highest BCUT2D eigenvalue weighted by Crippen LogP contribution is 2.41. The number of carbonyl (C=O) groups is 1. The Labute approximate surface area is 101 Å². The van der Waals surface area contributed by atoms with E-state index < -0.39 is 5.41 Å². The molecule has 94 valence electrons. The Morgan fingerprint density at radius 3 is 2.53 bits per heavy atom. The summed E-state index contributed by atoms with van der Waals surface area (Å²) in [5.74, 6) is 1.44. The number of aryl methyl sites for hydroxylation is 1. The molecule has 5 heteroatoms. The molecule has 0 aliphatic heterocycles. The lowest BCUT2D eigenvalue weighted by Gasteiger charge is -2.25. The third-order valence-corrected chi connectivity index (χ3v) is 3.64. The zero-order valence-electron chi connectivity index (χ0n) is 10.7. The first kappa shape index (κ1) is 12.1. The van der Waals surface area contributed by atoms with E-state index in [2.05, 4.69) is 10.2 Å². The van der Waals surface area contributed by atoms with Gasteiger partial charge in [-0.3, -0.25) is 4.79 Å². The van der Waals surface area contributed by atoms with Crippen LogP contribution in [0.1, 0.15) is 44.3 Å². The fraction of sp³-hybridized carbons (Fsp3) is 0.750. The van der Waals surface area contributed by atoms with E-state index in [4.69, 9.17) is 4.74 Å². The Hall–Kier alpha value is -1.39. The van der Waals surface area contributed by atoms with Gasteiger partial charge in [0.25, 0.3) is 0 Å². The van der Waals surface area contributed by atoms with Crippen molar-refractivity contribution in [3.05, 3.63) is 11.6 Å². The summed E-state index contributed by atoms with van der Waals surface area (Å²) in [6.45, 7) is 4.14. The first-order chi connectivity index (χ1) is 8.12. The van der Waals surface area contributed by atoms with Crippen molar-refractivity contribution in [2.45, 2.75) is 44.9 Å². The lowest BCUT2D eigenvalue weighted by molar-refractivity contribution is -0.150. The maximum atomic E-state index is 12.2. The van der Waals surface area contributed by atoms with Crippen LogP contribution in [0.3, 0.4) is 0 Å². The summed E-state index contributed by atoms with van der Waals surface area (Å²) in [6.07, 6.45) is 3.73. The molecule has 1 aliphatic carbocycles. The van der Waals surface area contributed by atoms with E-state index in [0.29, 0.717) is 6.61 Å². The van der Waals surface area contributed by atoms with Crippen LogP contribution in [0.25, 0.3) is 0 Å². The smallest absolute Gasteiger partial charge is 0.319 e. The van der Waals surface area contributed by atoms with E-state index in [1.54, 1.807) is 0 Å². The van der Waals surface area contributed by atoms with Crippen LogP contribution in [-0.4, -0.2) is 27.3 Å². The van der Waals surface area contributed by atoms with E-state index >= 15 is 0 Å². The predicted octanol–water partition coefficient (Wildman–Crippen LogP) is 1.50. The minimum absolute atomic E-state index is 0.145. The van der Waals surface area contributed by atoms with Crippen LogP contribution in [0.2, 0.25) is 0 Å². The molecule has 1 aliphatic rings. The maximum Gasteiger partial charge on any atom is 0.319 e. The van der Waals surface area contributed by atoms with Gasteiger partial charge < -0.3 is 9.30 Å². The van der Waals surface area contributed by atoms with Crippen LogP contribution < -0.4 is 0 Å². The maximum absolute atomic E-state index is 12.2. The molecular weight excluding hydrogens is 218 g/mol. The molecule has 1 aromatic heterocycles. The second-order valence-electron chi connectivity index (χ2n) is 4.64. The summed E-state index contributed by atoms with van der Waals surface area (Å²) in [5, 5.41) is 8.24. The van der Waals surface area contributed by atoms with Crippen LogP contribution in [0.5, 0.6) is 0 Å². The van der Waals surface area contributed by atoms with E-state index in [1.165, 1.54) is 0 Å². The summed E-state index contributed by atoms with van der Waals surface area (Å²) in [6, 6.07) is 0. The molecule has 1 heterocycles. The Morgan fingerprint density at radius 1 is 1.41 bits per heavy atom. The van der Waals surface area contributed by atoms with Crippen molar-refractivity contribution in [3.8, 4) is 0 Å². The molecule has 1 fully saturated rings. The monoisotopic (exact) mass is 237 g/mol. The predicted molar refractivity (Wildman–Crippen MR) is 62.5 cm³/mol. The Balaban J connectivity index is 2.41. The number of ether oxygens (including phenoxy) is 1. The first-order valence-electron chi connectivity index (χ1n) is 6.15. The minimum atomic E-state index is -0.563. The number of esters is 1. The van der Waals surface area contributed by atoms with Gasteiger partial charge in [0, 0.05) is 7.05 Å². The lowest BCUT2D eigenvalue weighted by Crippen LogP contribution is -2.37. The molecule has 0 amide bonds. The van der Waals surface area contributed by atoms with Crippen molar-refractivity contribution in [3.63, 3.8) is 0 Å². The molecular formula is C12H19N3O2. The summed E-state index contributed by atoms with van der Waals surface area (Å²) >= 11 is 0. The van der Waals surface area contributed by atoms with Crippen LogP contribution in [0.15, 0.2) is 0 Å². The summed E-state index contributed by atoms with van der Waals surface area (Å²) in [4.78, 5) is 12.2. The third kappa shape index (κ3) is 1.83. The van der Waals surface area contributed by atoms with Gasteiger partial charge in [0.2, 0.25) is 0 Å². The van der Waals surface area contributed by atoms with Gasteiger partial charge in [-0.1, -0.05) is 12.8 Å². The van der Waals surface area contributed by atoms with E-state index in [1.807, 2.05) is 25.5 Å². The van der Waals surface area contributed by atoms with Crippen molar-refractivity contribution in [1.29, 1.82) is 0 Å². The third-order valence-electron chi connectivity index (χ3n) is 3.64. The second-order valence-corrected chi connectivity index (χ2v) is 4.64. The topological polar surface area (TPSA) is 57.0 Å². The van der Waals surface area contributed by atoms with Crippen molar-refractivity contribution in [1.82, 2.24) is 14.8 Å². The average Bonchev–Trinajstić information content (AvgIpc) is 2.89. The number of carbonyl (C=O) groups excluding carboxylic acids is 1.